The summed E-state index contributed by atoms with van der Waals surface area (Å²) < 4.78 is 15.6. The number of carboxylic acid groups (broad SMARTS) is 1. The molecule has 1 aliphatic rings. The maximum absolute atomic E-state index is 12.6. The van der Waals surface area contributed by atoms with Crippen molar-refractivity contribution >= 4 is 40.9 Å². The molecule has 1 aliphatic heterocycles. The second kappa shape index (κ2) is 9.52. The summed E-state index contributed by atoms with van der Waals surface area (Å²) in [5.41, 5.74) is 0.660. The number of hydrogen-bond donors (Lipinski definition) is 1. The molecule has 1 fully saturated rings. The highest BCUT2D eigenvalue weighted by atomic mass is 32.2. The minimum atomic E-state index is -1.16. The van der Waals surface area contributed by atoms with E-state index in [9.17, 15) is 19.2 Å². The molecule has 2 heterocycles. The van der Waals surface area contributed by atoms with Crippen molar-refractivity contribution in [2.24, 2.45) is 0 Å². The van der Waals surface area contributed by atoms with Crippen LogP contribution in [0.4, 0.5) is 4.79 Å². The Morgan fingerprint density at radius 2 is 1.90 bits per heavy atom. The first-order chi connectivity index (χ1) is 14.8. The number of ether oxygens (including phenoxy) is 2. The van der Waals surface area contributed by atoms with Gasteiger partial charge < -0.3 is 19.0 Å². The van der Waals surface area contributed by atoms with Crippen LogP contribution in [0, 0.1) is 0 Å². The van der Waals surface area contributed by atoms with E-state index in [1.807, 2.05) is 0 Å². The van der Waals surface area contributed by atoms with Crippen molar-refractivity contribution in [3.05, 3.63) is 58.4 Å². The van der Waals surface area contributed by atoms with Crippen molar-refractivity contribution in [3.8, 4) is 5.75 Å². The van der Waals surface area contributed by atoms with Gasteiger partial charge in [-0.3, -0.25) is 14.5 Å². The third kappa shape index (κ3) is 5.15. The van der Waals surface area contributed by atoms with Crippen LogP contribution < -0.4 is 4.74 Å². The molecule has 2 aromatic rings. The number of carbonyl (C=O) groups is 4. The van der Waals surface area contributed by atoms with Crippen LogP contribution in [0.25, 0.3) is 6.08 Å². The largest absolute Gasteiger partial charge is 0.486 e. The van der Waals surface area contributed by atoms with Crippen molar-refractivity contribution in [2.45, 2.75) is 26.5 Å². The monoisotopic (exact) mass is 445 g/mol. The molecule has 0 aliphatic carbocycles. The van der Waals surface area contributed by atoms with Gasteiger partial charge >= 0.3 is 11.9 Å². The van der Waals surface area contributed by atoms with Crippen molar-refractivity contribution in [1.82, 2.24) is 4.90 Å². The molecule has 2 amide bonds. The van der Waals surface area contributed by atoms with Gasteiger partial charge in [0, 0.05) is 0 Å². The van der Waals surface area contributed by atoms with E-state index in [4.69, 9.17) is 19.0 Å². The summed E-state index contributed by atoms with van der Waals surface area (Å²) in [4.78, 5) is 48.6. The summed E-state index contributed by atoms with van der Waals surface area (Å²) in [6.45, 7) is 3.30. The van der Waals surface area contributed by atoms with Crippen LogP contribution >= 0.6 is 11.8 Å². The number of amides is 2. The van der Waals surface area contributed by atoms with Gasteiger partial charge in [-0.05, 0) is 61.5 Å². The molecule has 1 atom stereocenters. The van der Waals surface area contributed by atoms with Gasteiger partial charge in [-0.1, -0.05) is 12.1 Å². The highest BCUT2D eigenvalue weighted by molar-refractivity contribution is 8.18. The van der Waals surface area contributed by atoms with E-state index in [-0.39, 0.29) is 23.9 Å². The molecule has 0 saturated carbocycles. The number of aromatic carboxylic acids is 1. The van der Waals surface area contributed by atoms with Gasteiger partial charge in [0.1, 0.15) is 24.2 Å². The molecule has 1 unspecified atom stereocenters. The Hall–Kier alpha value is -3.53. The highest BCUT2D eigenvalue weighted by Crippen LogP contribution is 2.34. The van der Waals surface area contributed by atoms with Crippen LogP contribution in [0.1, 0.15) is 35.7 Å². The molecule has 0 bridgehead atoms. The van der Waals surface area contributed by atoms with E-state index in [2.05, 4.69) is 0 Å². The van der Waals surface area contributed by atoms with Gasteiger partial charge in [0.2, 0.25) is 5.76 Å². The number of esters is 1. The first-order valence-electron chi connectivity index (χ1n) is 9.28. The molecule has 162 valence electrons. The normalized spacial score (nSPS) is 15.9. The Morgan fingerprint density at radius 1 is 1.19 bits per heavy atom. The zero-order valence-electron chi connectivity index (χ0n) is 16.7. The van der Waals surface area contributed by atoms with Crippen LogP contribution in [0.5, 0.6) is 5.75 Å². The molecule has 0 radical (unpaired) electrons. The molecule has 1 saturated heterocycles. The second-order valence-corrected chi connectivity index (χ2v) is 7.40. The number of furan rings is 1. The summed E-state index contributed by atoms with van der Waals surface area (Å²) in [5.74, 6) is -1.64. The predicted molar refractivity (Wildman–Crippen MR) is 110 cm³/mol. The number of nitrogens with zero attached hydrogens (tertiary/aromatic N) is 1. The van der Waals surface area contributed by atoms with Crippen LogP contribution in [0.2, 0.25) is 0 Å². The molecule has 1 aromatic heterocycles. The lowest BCUT2D eigenvalue weighted by Crippen LogP contribution is -2.42. The summed E-state index contributed by atoms with van der Waals surface area (Å²) in [7, 11) is 0. The fourth-order valence-electron chi connectivity index (χ4n) is 2.72. The molecule has 1 N–H and O–H groups in total. The van der Waals surface area contributed by atoms with Gasteiger partial charge in [0.25, 0.3) is 11.1 Å². The number of imide groups is 1. The lowest BCUT2D eigenvalue weighted by atomic mass is 10.2. The molecular formula is C21H19NO8S. The van der Waals surface area contributed by atoms with Gasteiger partial charge in [-0.2, -0.15) is 0 Å². The molecular weight excluding hydrogens is 426 g/mol. The fraction of sp³-hybridized carbons (Fsp3) is 0.238. The van der Waals surface area contributed by atoms with E-state index >= 15 is 0 Å². The third-order valence-corrected chi connectivity index (χ3v) is 5.15. The number of carbonyl (C=O) groups excluding carboxylic acids is 3. The minimum Gasteiger partial charge on any atom is -0.486 e. The molecule has 31 heavy (non-hydrogen) atoms. The molecule has 1 aromatic carbocycles. The van der Waals surface area contributed by atoms with Crippen molar-refractivity contribution in [2.75, 3.05) is 6.61 Å². The van der Waals surface area contributed by atoms with Gasteiger partial charge in [-0.15, -0.1) is 0 Å². The quantitative estimate of drug-likeness (QED) is 0.480. The average molecular weight is 445 g/mol. The topological polar surface area (TPSA) is 123 Å². The first kappa shape index (κ1) is 22.2. The Bertz CT molecular complexity index is 1040. The van der Waals surface area contributed by atoms with E-state index in [1.54, 1.807) is 37.3 Å². The number of thioether (sulfide) groups is 1. The van der Waals surface area contributed by atoms with Crippen LogP contribution in [0.3, 0.4) is 0 Å². The Kier molecular flexibility index (Phi) is 6.81. The van der Waals surface area contributed by atoms with Gasteiger partial charge in [0.05, 0.1) is 11.5 Å². The SMILES string of the molecule is CCOC(=O)C(C)N1C(=O)S/C(=C/c2ccc(OCc3ccc(C(=O)O)o3)cc2)C1=O. The Labute approximate surface area is 181 Å². The summed E-state index contributed by atoms with van der Waals surface area (Å²) in [6.07, 6.45) is 1.55. The van der Waals surface area contributed by atoms with E-state index < -0.39 is 29.1 Å². The molecule has 3 rings (SSSR count). The minimum absolute atomic E-state index is 0.0528. The highest BCUT2D eigenvalue weighted by Gasteiger charge is 2.41. The zero-order chi connectivity index (χ0) is 22.5. The van der Waals surface area contributed by atoms with Crippen molar-refractivity contribution < 1.29 is 38.2 Å². The van der Waals surface area contributed by atoms with Gasteiger partial charge in [0.15, 0.2) is 0 Å². The number of rotatable bonds is 8. The van der Waals surface area contributed by atoms with Crippen molar-refractivity contribution in [3.63, 3.8) is 0 Å². The van der Waals surface area contributed by atoms with E-state index in [0.29, 0.717) is 17.1 Å². The van der Waals surface area contributed by atoms with Crippen LogP contribution in [-0.4, -0.2) is 45.7 Å². The average Bonchev–Trinajstić information content (AvgIpc) is 3.32. The lowest BCUT2D eigenvalue weighted by molar-refractivity contribution is -0.150. The van der Waals surface area contributed by atoms with Gasteiger partial charge in [-0.25, -0.2) is 9.59 Å². The van der Waals surface area contributed by atoms with Crippen LogP contribution in [-0.2, 0) is 20.9 Å². The smallest absolute Gasteiger partial charge is 0.371 e. The van der Waals surface area contributed by atoms with Crippen LogP contribution in [0.15, 0.2) is 45.7 Å². The standard InChI is InChI=1S/C21H19NO8S/c1-3-28-20(26)12(2)22-18(23)17(31-21(22)27)10-13-4-6-14(7-5-13)29-11-15-8-9-16(30-15)19(24)25/h4-10,12H,3,11H2,1-2H3,(H,24,25)/b17-10+. The summed E-state index contributed by atoms with van der Waals surface area (Å²) in [6, 6.07) is 8.59. The molecule has 9 nitrogen and oxygen atoms in total. The number of hydrogen-bond acceptors (Lipinski definition) is 8. The fourth-order valence-corrected chi connectivity index (χ4v) is 3.63. The molecule has 0 spiro atoms. The first-order valence-corrected chi connectivity index (χ1v) is 10.1. The maximum Gasteiger partial charge on any atom is 0.371 e. The second-order valence-electron chi connectivity index (χ2n) is 6.41. The van der Waals surface area contributed by atoms with Crippen molar-refractivity contribution in [1.29, 1.82) is 0 Å². The third-order valence-electron chi connectivity index (χ3n) is 4.27. The lowest BCUT2D eigenvalue weighted by Gasteiger charge is -2.19. The zero-order valence-corrected chi connectivity index (χ0v) is 17.5. The summed E-state index contributed by atoms with van der Waals surface area (Å²) in [5, 5.41) is 8.32. The predicted octanol–water partition coefficient (Wildman–Crippen LogP) is 3.54. The Balaban J connectivity index is 1.64. The van der Waals surface area contributed by atoms with E-state index in [0.717, 1.165) is 16.7 Å². The number of carboxylic acids is 1. The number of benzene rings is 1. The van der Waals surface area contributed by atoms with E-state index in [1.165, 1.54) is 19.1 Å². The molecule has 10 heteroatoms. The maximum atomic E-state index is 12.6. The summed E-state index contributed by atoms with van der Waals surface area (Å²) >= 11 is 0.756. The Morgan fingerprint density at radius 3 is 2.52 bits per heavy atom.